The molecular weight excluding hydrogens is 383 g/mol. The van der Waals surface area contributed by atoms with Crippen LogP contribution in [0.25, 0.3) is 0 Å². The molecule has 25 heavy (non-hydrogen) atoms. The number of carbonyl (C=O) groups excluding carboxylic acids is 1. The number of carbonyl (C=O) groups is 1. The molecule has 0 aromatic carbocycles. The summed E-state index contributed by atoms with van der Waals surface area (Å²) >= 11 is -2.63. The molecule has 136 valence electrons. The van der Waals surface area contributed by atoms with E-state index in [1.54, 1.807) is 0 Å². The molecule has 0 radical (unpaired) electrons. The molecule has 0 aliphatic heterocycles. The van der Waals surface area contributed by atoms with Crippen LogP contribution in [-0.2, 0) is 32.6 Å². The Bertz CT molecular complexity index is 507. The third-order valence-electron chi connectivity index (χ3n) is 6.08. The summed E-state index contributed by atoms with van der Waals surface area (Å²) in [6.45, 7) is 8.92. The molecular formula is C22H34NOY. The molecule has 3 heteroatoms. The van der Waals surface area contributed by atoms with Crippen molar-refractivity contribution in [2.45, 2.75) is 70.7 Å². The summed E-state index contributed by atoms with van der Waals surface area (Å²) in [5, 5.41) is 0. The molecule has 0 aromatic rings. The molecule has 0 heterocycles. The number of amides is 1. The van der Waals surface area contributed by atoms with Crippen LogP contribution in [0.4, 0.5) is 0 Å². The van der Waals surface area contributed by atoms with Gasteiger partial charge in [0.1, 0.15) is 0 Å². The van der Waals surface area contributed by atoms with Gasteiger partial charge in [-0.3, -0.25) is 0 Å². The zero-order valence-corrected chi connectivity index (χ0v) is 19.3. The quantitative estimate of drug-likeness (QED) is 0.448. The fourth-order valence-electron chi connectivity index (χ4n) is 4.45. The van der Waals surface area contributed by atoms with Crippen molar-refractivity contribution < 1.29 is 32.6 Å². The van der Waals surface area contributed by atoms with E-state index in [-0.39, 0.29) is 10.4 Å². The van der Waals surface area contributed by atoms with Gasteiger partial charge in [0, 0.05) is 0 Å². The first-order valence-electron chi connectivity index (χ1n) is 10.1. The Hall–Kier alpha value is -0.466. The number of hydrogen-bond acceptors (Lipinski definition) is 1. The number of nitrogens with one attached hydrogen (secondary N) is 1. The molecule has 1 N–H and O–H groups in total. The van der Waals surface area contributed by atoms with Crippen LogP contribution in [0, 0.1) is 5.92 Å². The van der Waals surface area contributed by atoms with E-state index in [0.29, 0.717) is 5.91 Å². The van der Waals surface area contributed by atoms with E-state index < -0.39 is 27.8 Å². The second-order valence-electron chi connectivity index (χ2n) is 7.58. The van der Waals surface area contributed by atoms with Crippen LogP contribution in [0.5, 0.6) is 0 Å². The normalized spacial score (nSPS) is 19.1. The number of hydrogen-bond donors (Lipinski definition) is 1. The van der Waals surface area contributed by atoms with Crippen LogP contribution in [0.15, 0.2) is 48.6 Å². The monoisotopic (exact) mass is 417 g/mol. The predicted octanol–water partition coefficient (Wildman–Crippen LogP) is 6.24. The van der Waals surface area contributed by atoms with Gasteiger partial charge in [0.05, 0.1) is 0 Å². The van der Waals surface area contributed by atoms with Crippen LogP contribution in [0.2, 0.25) is 4.45 Å². The Morgan fingerprint density at radius 3 is 1.56 bits per heavy atom. The summed E-state index contributed by atoms with van der Waals surface area (Å²) in [6, 6.07) is 0. The summed E-state index contributed by atoms with van der Waals surface area (Å²) in [5.41, 5.74) is 0. The van der Waals surface area contributed by atoms with Crippen molar-refractivity contribution in [1.29, 1.82) is 0 Å². The van der Waals surface area contributed by atoms with E-state index in [1.165, 1.54) is 0 Å². The van der Waals surface area contributed by atoms with Gasteiger partial charge in [0.2, 0.25) is 0 Å². The Kier molecular flexibility index (Phi) is 7.89. The van der Waals surface area contributed by atoms with E-state index in [9.17, 15) is 4.79 Å². The molecule has 0 atom stereocenters. The van der Waals surface area contributed by atoms with Gasteiger partial charge in [-0.25, -0.2) is 0 Å². The topological polar surface area (TPSA) is 29.1 Å². The molecule has 2 rings (SSSR count). The molecule has 0 fully saturated rings. The SMILES string of the molecule is CCCC(CCC)C(=O)[NH][Y]([C]1(CC)C=CC=C1)[C]1(CC)C=CC=C1. The van der Waals surface area contributed by atoms with Gasteiger partial charge in [-0.15, -0.1) is 0 Å². The maximum absolute atomic E-state index is 13.2. The van der Waals surface area contributed by atoms with Gasteiger partial charge in [-0.2, -0.15) is 0 Å². The summed E-state index contributed by atoms with van der Waals surface area (Å²) in [5.74, 6) is 0.508. The zero-order valence-electron chi connectivity index (χ0n) is 16.4. The first-order chi connectivity index (χ1) is 12.1. The van der Waals surface area contributed by atoms with E-state index in [4.69, 9.17) is 0 Å². The first kappa shape index (κ1) is 20.8. The molecule has 0 saturated heterocycles. The van der Waals surface area contributed by atoms with E-state index >= 15 is 0 Å². The number of rotatable bonds is 10. The average Bonchev–Trinajstić information content (AvgIpc) is 3.30. The van der Waals surface area contributed by atoms with Crippen LogP contribution in [0.3, 0.4) is 0 Å². The zero-order chi connectivity index (χ0) is 18.3. The molecule has 0 spiro atoms. The maximum atomic E-state index is 13.2. The second-order valence-corrected chi connectivity index (χ2v) is 15.7. The molecule has 0 unspecified atom stereocenters. The van der Waals surface area contributed by atoms with Crippen LogP contribution in [0.1, 0.15) is 66.2 Å². The average molecular weight is 417 g/mol. The second kappa shape index (κ2) is 9.46. The third-order valence-corrected chi connectivity index (χ3v) is 16.7. The minimum atomic E-state index is -2.63. The predicted molar refractivity (Wildman–Crippen MR) is 104 cm³/mol. The molecule has 2 nitrogen and oxygen atoms in total. The van der Waals surface area contributed by atoms with Crippen molar-refractivity contribution >= 4 is 5.91 Å². The minimum absolute atomic E-state index is 0.106. The van der Waals surface area contributed by atoms with Gasteiger partial charge in [-0.1, -0.05) is 0 Å². The Labute approximate surface area is 165 Å². The molecule has 2 aliphatic rings. The third kappa shape index (κ3) is 4.45. The van der Waals surface area contributed by atoms with Gasteiger partial charge in [0.25, 0.3) is 0 Å². The Morgan fingerprint density at radius 1 is 0.840 bits per heavy atom. The van der Waals surface area contributed by atoms with Crippen LogP contribution < -0.4 is 2.45 Å². The van der Waals surface area contributed by atoms with Crippen LogP contribution in [-0.4, -0.2) is 5.91 Å². The van der Waals surface area contributed by atoms with Gasteiger partial charge >= 0.3 is 166 Å². The summed E-state index contributed by atoms with van der Waals surface area (Å²) < 4.78 is 3.93. The summed E-state index contributed by atoms with van der Waals surface area (Å²) in [7, 11) is 0. The van der Waals surface area contributed by atoms with Crippen molar-refractivity contribution in [3.05, 3.63) is 48.6 Å². The van der Waals surface area contributed by atoms with Crippen molar-refractivity contribution in [1.82, 2.24) is 2.45 Å². The first-order valence-corrected chi connectivity index (χ1v) is 14.4. The standard InChI is InChI=1S/C8H17NO.2C7H9.Y/c1-3-5-7(6-4-2)8(9)10;2*1-2-7-5-3-4-6-7;/h7H,3-6H2,1-2H3,(H2,9,10);2*3-6H,2H2,1H3;/q;;;+1/p-1. The van der Waals surface area contributed by atoms with Crippen LogP contribution >= 0.6 is 0 Å². The number of allylic oxidation sites excluding steroid dienone is 8. The molecule has 0 aromatic heterocycles. The Morgan fingerprint density at radius 2 is 1.24 bits per heavy atom. The van der Waals surface area contributed by atoms with Crippen molar-refractivity contribution in [2.75, 3.05) is 0 Å². The van der Waals surface area contributed by atoms with E-state index in [1.807, 2.05) is 0 Å². The van der Waals surface area contributed by atoms with Gasteiger partial charge in [0.15, 0.2) is 0 Å². The Balaban J connectivity index is 2.34. The molecule has 1 amide bonds. The van der Waals surface area contributed by atoms with E-state index in [2.05, 4.69) is 78.8 Å². The fourth-order valence-corrected chi connectivity index (χ4v) is 14.5. The molecule has 0 bridgehead atoms. The summed E-state index contributed by atoms with van der Waals surface area (Å²) in [4.78, 5) is 13.2. The van der Waals surface area contributed by atoms with E-state index in [0.717, 1.165) is 38.5 Å². The van der Waals surface area contributed by atoms with Crippen molar-refractivity contribution in [3.8, 4) is 0 Å². The van der Waals surface area contributed by atoms with Gasteiger partial charge < -0.3 is 0 Å². The van der Waals surface area contributed by atoms with Crippen molar-refractivity contribution in [3.63, 3.8) is 0 Å². The molecule has 2 aliphatic carbocycles. The van der Waals surface area contributed by atoms with Gasteiger partial charge in [-0.05, 0) is 0 Å². The fraction of sp³-hybridized carbons (Fsp3) is 0.591. The molecule has 0 saturated carbocycles. The van der Waals surface area contributed by atoms with Crippen molar-refractivity contribution in [2.24, 2.45) is 5.92 Å². The summed E-state index contributed by atoms with van der Waals surface area (Å²) in [6.07, 6.45) is 24.6.